The van der Waals surface area contributed by atoms with E-state index >= 15 is 0 Å². The van der Waals surface area contributed by atoms with Crippen molar-refractivity contribution in [3.63, 3.8) is 0 Å². The molecule has 0 aliphatic carbocycles. The van der Waals surface area contributed by atoms with Crippen LogP contribution in [0.3, 0.4) is 0 Å². The molecular formula is C16H26FN3O3S. The Bertz CT molecular complexity index is 616. The summed E-state index contributed by atoms with van der Waals surface area (Å²) < 4.78 is 39.1. The largest absolute Gasteiger partial charge is 0.355 e. The molecule has 24 heavy (non-hydrogen) atoms. The van der Waals surface area contributed by atoms with Crippen molar-refractivity contribution in [2.24, 2.45) is 0 Å². The summed E-state index contributed by atoms with van der Waals surface area (Å²) in [5.74, 6) is -0.716. The molecule has 0 fully saturated rings. The van der Waals surface area contributed by atoms with Gasteiger partial charge in [0, 0.05) is 25.6 Å². The molecule has 0 saturated heterocycles. The fourth-order valence-electron chi connectivity index (χ4n) is 2.32. The summed E-state index contributed by atoms with van der Waals surface area (Å²) in [7, 11) is -3.73. The van der Waals surface area contributed by atoms with E-state index in [4.69, 9.17) is 0 Å². The lowest BCUT2D eigenvalue weighted by Crippen LogP contribution is -2.42. The van der Waals surface area contributed by atoms with Gasteiger partial charge in [0.05, 0.1) is 4.90 Å². The van der Waals surface area contributed by atoms with E-state index < -0.39 is 15.8 Å². The van der Waals surface area contributed by atoms with Crippen molar-refractivity contribution in [1.82, 2.24) is 14.9 Å². The van der Waals surface area contributed by atoms with Crippen LogP contribution in [0.4, 0.5) is 4.39 Å². The Morgan fingerprint density at radius 1 is 1.21 bits per heavy atom. The van der Waals surface area contributed by atoms with Crippen molar-refractivity contribution in [3.05, 3.63) is 30.1 Å². The zero-order valence-corrected chi connectivity index (χ0v) is 15.2. The lowest BCUT2D eigenvalue weighted by Gasteiger charge is -2.26. The van der Waals surface area contributed by atoms with E-state index in [9.17, 15) is 17.6 Å². The van der Waals surface area contributed by atoms with Crippen LogP contribution in [-0.4, -0.2) is 51.4 Å². The summed E-state index contributed by atoms with van der Waals surface area (Å²) in [5.41, 5.74) is 0. The minimum Gasteiger partial charge on any atom is -0.355 e. The molecule has 1 unspecified atom stereocenters. The first-order valence-electron chi connectivity index (χ1n) is 8.06. The quantitative estimate of drug-likeness (QED) is 0.661. The number of benzene rings is 1. The second kappa shape index (κ2) is 9.71. The average Bonchev–Trinajstić information content (AvgIpc) is 2.54. The number of hydrogen-bond donors (Lipinski definition) is 2. The van der Waals surface area contributed by atoms with Gasteiger partial charge in [0.15, 0.2) is 0 Å². The average molecular weight is 359 g/mol. The molecule has 2 N–H and O–H groups in total. The van der Waals surface area contributed by atoms with E-state index in [2.05, 4.69) is 28.8 Å². The molecule has 1 aromatic carbocycles. The molecule has 6 nitrogen and oxygen atoms in total. The zero-order valence-electron chi connectivity index (χ0n) is 14.4. The maximum atomic E-state index is 12.8. The number of nitrogens with one attached hydrogen (secondary N) is 2. The summed E-state index contributed by atoms with van der Waals surface area (Å²) in [6.07, 6.45) is 0.0470. The van der Waals surface area contributed by atoms with Crippen molar-refractivity contribution >= 4 is 15.9 Å². The number of nitrogens with zero attached hydrogens (tertiary/aromatic N) is 1. The van der Waals surface area contributed by atoms with Gasteiger partial charge in [-0.05, 0) is 44.3 Å². The highest BCUT2D eigenvalue weighted by atomic mass is 32.2. The van der Waals surface area contributed by atoms with Crippen molar-refractivity contribution < 1.29 is 17.6 Å². The third-order valence-corrected chi connectivity index (χ3v) is 5.28. The predicted molar refractivity (Wildman–Crippen MR) is 91.6 cm³/mol. The molecule has 1 amide bonds. The Balaban J connectivity index is 2.38. The first-order chi connectivity index (χ1) is 11.3. The Morgan fingerprint density at radius 3 is 2.33 bits per heavy atom. The van der Waals surface area contributed by atoms with Gasteiger partial charge < -0.3 is 5.32 Å². The van der Waals surface area contributed by atoms with Crippen LogP contribution in [0.2, 0.25) is 0 Å². The maximum Gasteiger partial charge on any atom is 0.240 e. The molecule has 0 aromatic heterocycles. The van der Waals surface area contributed by atoms with E-state index in [1.165, 1.54) is 12.1 Å². The molecule has 0 heterocycles. The van der Waals surface area contributed by atoms with Crippen LogP contribution < -0.4 is 10.0 Å². The summed E-state index contributed by atoms with van der Waals surface area (Å²) in [6.45, 7) is 8.48. The van der Waals surface area contributed by atoms with Gasteiger partial charge in [0.25, 0.3) is 0 Å². The topological polar surface area (TPSA) is 78.5 Å². The second-order valence-corrected chi connectivity index (χ2v) is 7.24. The van der Waals surface area contributed by atoms with Gasteiger partial charge in [-0.3, -0.25) is 9.69 Å². The highest BCUT2D eigenvalue weighted by Gasteiger charge is 2.15. The molecule has 0 bridgehead atoms. The van der Waals surface area contributed by atoms with E-state index in [-0.39, 0.29) is 29.8 Å². The fraction of sp³-hybridized carbons (Fsp3) is 0.562. The molecule has 0 aliphatic heterocycles. The Kier molecular flexibility index (Phi) is 8.30. The minimum absolute atomic E-state index is 0.00874. The first-order valence-corrected chi connectivity index (χ1v) is 9.54. The van der Waals surface area contributed by atoms with Gasteiger partial charge in [-0.1, -0.05) is 13.8 Å². The van der Waals surface area contributed by atoms with Gasteiger partial charge in [-0.2, -0.15) is 0 Å². The lowest BCUT2D eigenvalue weighted by atomic mass is 10.2. The summed E-state index contributed by atoms with van der Waals surface area (Å²) in [4.78, 5) is 14.0. The van der Waals surface area contributed by atoms with Gasteiger partial charge in [0.2, 0.25) is 15.9 Å². The number of carbonyl (C=O) groups is 1. The normalized spacial score (nSPS) is 13.0. The Labute approximate surface area is 143 Å². The molecule has 1 atom stereocenters. The number of sulfonamides is 1. The molecule has 136 valence electrons. The summed E-state index contributed by atoms with van der Waals surface area (Å²) in [6, 6.07) is 4.75. The number of halogens is 1. The second-order valence-electron chi connectivity index (χ2n) is 5.48. The van der Waals surface area contributed by atoms with Gasteiger partial charge in [0.1, 0.15) is 5.82 Å². The molecule has 0 saturated carbocycles. The molecule has 0 aliphatic rings. The smallest absolute Gasteiger partial charge is 0.240 e. The Hall–Kier alpha value is -1.51. The molecular weight excluding hydrogens is 333 g/mol. The molecule has 0 spiro atoms. The van der Waals surface area contributed by atoms with Gasteiger partial charge >= 0.3 is 0 Å². The monoisotopic (exact) mass is 359 g/mol. The minimum atomic E-state index is -3.73. The van der Waals surface area contributed by atoms with Crippen LogP contribution in [0.5, 0.6) is 0 Å². The van der Waals surface area contributed by atoms with Crippen LogP contribution >= 0.6 is 0 Å². The van der Waals surface area contributed by atoms with Gasteiger partial charge in [-0.25, -0.2) is 17.5 Å². The molecule has 1 aromatic rings. The highest BCUT2D eigenvalue weighted by Crippen LogP contribution is 2.09. The third kappa shape index (κ3) is 6.54. The molecule has 8 heteroatoms. The van der Waals surface area contributed by atoms with Crippen molar-refractivity contribution in [2.45, 2.75) is 38.1 Å². The summed E-state index contributed by atoms with van der Waals surface area (Å²) >= 11 is 0. The molecule has 1 rings (SSSR count). The predicted octanol–water partition coefficient (Wildman–Crippen LogP) is 1.34. The van der Waals surface area contributed by atoms with Crippen molar-refractivity contribution in [1.29, 1.82) is 0 Å². The SMILES string of the molecule is CCN(CC)C(C)CNC(=O)CCNS(=O)(=O)c1ccc(F)cc1. The number of carbonyl (C=O) groups excluding carboxylic acids is 1. The van der Waals surface area contributed by atoms with Gasteiger partial charge in [-0.15, -0.1) is 0 Å². The van der Waals surface area contributed by atoms with E-state index in [1.807, 2.05) is 6.92 Å². The van der Waals surface area contributed by atoms with E-state index in [0.717, 1.165) is 25.2 Å². The van der Waals surface area contributed by atoms with E-state index in [1.54, 1.807) is 0 Å². The van der Waals surface area contributed by atoms with Crippen LogP contribution in [0.25, 0.3) is 0 Å². The molecule has 0 radical (unpaired) electrons. The Morgan fingerprint density at radius 2 is 1.79 bits per heavy atom. The number of amides is 1. The first kappa shape index (κ1) is 20.5. The van der Waals surface area contributed by atoms with Crippen LogP contribution in [0.15, 0.2) is 29.2 Å². The number of likely N-dealkylation sites (N-methyl/N-ethyl adjacent to an activating group) is 1. The van der Waals surface area contributed by atoms with Crippen LogP contribution in [-0.2, 0) is 14.8 Å². The van der Waals surface area contributed by atoms with Crippen LogP contribution in [0, 0.1) is 5.82 Å². The zero-order chi connectivity index (χ0) is 18.2. The fourth-order valence-corrected chi connectivity index (χ4v) is 3.35. The third-order valence-electron chi connectivity index (χ3n) is 3.80. The lowest BCUT2D eigenvalue weighted by molar-refractivity contribution is -0.121. The highest BCUT2D eigenvalue weighted by molar-refractivity contribution is 7.89. The van der Waals surface area contributed by atoms with Crippen molar-refractivity contribution in [2.75, 3.05) is 26.2 Å². The van der Waals surface area contributed by atoms with Crippen molar-refractivity contribution in [3.8, 4) is 0 Å². The number of rotatable bonds is 10. The number of hydrogen-bond acceptors (Lipinski definition) is 4. The maximum absolute atomic E-state index is 12.8. The standard InChI is InChI=1S/C16H26FN3O3S/c1-4-20(5-2)13(3)12-18-16(21)10-11-19-24(22,23)15-8-6-14(17)7-9-15/h6-9,13,19H,4-5,10-12H2,1-3H3,(H,18,21). The summed E-state index contributed by atoms with van der Waals surface area (Å²) in [5, 5.41) is 2.80. The van der Waals surface area contributed by atoms with Crippen LogP contribution in [0.1, 0.15) is 27.2 Å². The van der Waals surface area contributed by atoms with E-state index in [0.29, 0.717) is 6.54 Å².